The van der Waals surface area contributed by atoms with Crippen LogP contribution in [0.25, 0.3) is 61.7 Å². The van der Waals surface area contributed by atoms with Gasteiger partial charge < -0.3 is 14.0 Å². The van der Waals surface area contributed by atoms with Gasteiger partial charge in [0.1, 0.15) is 5.58 Å². The molecule has 0 bridgehead atoms. The molecule has 4 nitrogen and oxygen atoms in total. The van der Waals surface area contributed by atoms with Gasteiger partial charge in [0.25, 0.3) is 0 Å². The van der Waals surface area contributed by atoms with Crippen molar-refractivity contribution in [2.75, 3.05) is 0 Å². The molecule has 4 aromatic carbocycles. The molecule has 1 radical (unpaired) electrons. The number of para-hydroxylation sites is 2. The summed E-state index contributed by atoms with van der Waals surface area (Å²) in [5.41, 5.74) is 9.51. The van der Waals surface area contributed by atoms with Crippen molar-refractivity contribution >= 4 is 39.0 Å². The van der Waals surface area contributed by atoms with Gasteiger partial charge in [0.05, 0.1) is 22.4 Å². The van der Waals surface area contributed by atoms with Gasteiger partial charge >= 0.3 is 0 Å². The Morgan fingerprint density at radius 2 is 1.69 bits per heavy atom. The Kier molecular flexibility index (Phi) is 6.70. The number of allylic oxidation sites excluding steroid dienone is 1. The molecular formula is C34H23IrN3O-2. The third-order valence-electron chi connectivity index (χ3n) is 6.82. The van der Waals surface area contributed by atoms with Crippen LogP contribution in [0, 0.1) is 12.1 Å². The number of furan rings is 1. The Bertz CT molecular complexity index is 1950. The molecule has 0 saturated heterocycles. The standard InChI is InChI=1S/C17H13N2.C17H10NO.Ir/c1-12-10-14-8-5-9-15-16(14)19(11-12)17(18-15)13-6-3-2-4-7-13;1-2-10-16-12(6-1)13-7-5-8-14(17(13)19-16)15-9-3-4-11-18-15;/h2-6,8-10H,11H2,1H3;1-7,9-11H;/q2*-1;. The fraction of sp³-hybridized carbons (Fsp3) is 0.0588. The van der Waals surface area contributed by atoms with Crippen LogP contribution in [0.3, 0.4) is 0 Å². The molecule has 3 aromatic heterocycles. The number of aromatic nitrogens is 3. The maximum atomic E-state index is 5.97. The SMILES string of the molecule is CC1=Cc2cccc3nc(-c4[c-]cccc4)n(c23)C1.[Ir].[c-]1ccc2c(oc3ccccc32)c1-c1ccccn1. The molecule has 0 aliphatic carbocycles. The minimum absolute atomic E-state index is 0. The first-order valence-electron chi connectivity index (χ1n) is 12.6. The van der Waals surface area contributed by atoms with Crippen LogP contribution in [0.4, 0.5) is 0 Å². The van der Waals surface area contributed by atoms with Crippen molar-refractivity contribution in [2.45, 2.75) is 13.5 Å². The third-order valence-corrected chi connectivity index (χ3v) is 6.82. The van der Waals surface area contributed by atoms with Gasteiger partial charge in [0.15, 0.2) is 0 Å². The molecular weight excluding hydrogens is 659 g/mol. The van der Waals surface area contributed by atoms with Crippen molar-refractivity contribution < 1.29 is 24.5 Å². The van der Waals surface area contributed by atoms with Crippen LogP contribution in [0.1, 0.15) is 12.5 Å². The molecule has 7 aromatic rings. The smallest absolute Gasteiger partial charge is 0.120 e. The number of fused-ring (bicyclic) bond motifs is 3. The van der Waals surface area contributed by atoms with E-state index in [-0.39, 0.29) is 20.1 Å². The van der Waals surface area contributed by atoms with E-state index in [1.165, 1.54) is 16.7 Å². The van der Waals surface area contributed by atoms with Crippen LogP contribution in [0.5, 0.6) is 0 Å². The van der Waals surface area contributed by atoms with Crippen LogP contribution in [-0.4, -0.2) is 14.5 Å². The summed E-state index contributed by atoms with van der Waals surface area (Å²) in [7, 11) is 0. The minimum Gasteiger partial charge on any atom is -0.501 e. The molecule has 0 atom stereocenters. The monoisotopic (exact) mass is 682 g/mol. The number of pyridine rings is 1. The molecule has 0 amide bonds. The van der Waals surface area contributed by atoms with Crippen molar-refractivity contribution in [2.24, 2.45) is 0 Å². The van der Waals surface area contributed by atoms with E-state index in [2.05, 4.69) is 65.0 Å². The van der Waals surface area contributed by atoms with Crippen LogP contribution >= 0.6 is 0 Å². The molecule has 0 N–H and O–H groups in total. The van der Waals surface area contributed by atoms with Crippen molar-refractivity contribution in [3.63, 3.8) is 0 Å². The molecule has 1 aliphatic heterocycles. The first-order chi connectivity index (χ1) is 18.8. The van der Waals surface area contributed by atoms with Crippen molar-refractivity contribution in [3.8, 4) is 22.6 Å². The first kappa shape index (κ1) is 25.0. The predicted octanol–water partition coefficient (Wildman–Crippen LogP) is 8.37. The van der Waals surface area contributed by atoms with Crippen molar-refractivity contribution in [1.82, 2.24) is 14.5 Å². The van der Waals surface area contributed by atoms with E-state index >= 15 is 0 Å². The first-order valence-corrected chi connectivity index (χ1v) is 12.6. The number of benzene rings is 4. The summed E-state index contributed by atoms with van der Waals surface area (Å²) < 4.78 is 8.26. The Labute approximate surface area is 240 Å². The summed E-state index contributed by atoms with van der Waals surface area (Å²) in [5, 5.41) is 2.23. The molecule has 8 rings (SSSR count). The fourth-order valence-electron chi connectivity index (χ4n) is 5.17. The van der Waals surface area contributed by atoms with E-state index in [4.69, 9.17) is 9.40 Å². The molecule has 191 valence electrons. The maximum Gasteiger partial charge on any atom is 0.120 e. The Morgan fingerprint density at radius 1 is 0.821 bits per heavy atom. The average molecular weight is 682 g/mol. The third kappa shape index (κ3) is 4.50. The second kappa shape index (κ2) is 10.5. The van der Waals surface area contributed by atoms with E-state index < -0.39 is 0 Å². The zero-order valence-corrected chi connectivity index (χ0v) is 23.6. The number of hydrogen-bond acceptors (Lipinski definition) is 3. The molecule has 0 fully saturated rings. The summed E-state index contributed by atoms with van der Waals surface area (Å²) >= 11 is 0. The molecule has 1 aliphatic rings. The van der Waals surface area contributed by atoms with E-state index in [1.807, 2.05) is 66.7 Å². The topological polar surface area (TPSA) is 43.9 Å². The Balaban J connectivity index is 0.000000138. The normalized spacial score (nSPS) is 12.1. The van der Waals surface area contributed by atoms with Gasteiger partial charge in [-0.1, -0.05) is 65.1 Å². The average Bonchev–Trinajstić information content (AvgIpc) is 3.54. The summed E-state index contributed by atoms with van der Waals surface area (Å²) in [6, 6.07) is 38.7. The molecule has 0 unspecified atom stereocenters. The minimum atomic E-state index is 0. The predicted molar refractivity (Wildman–Crippen MR) is 153 cm³/mol. The van der Waals surface area contributed by atoms with Gasteiger partial charge in [-0.2, -0.15) is 0 Å². The molecule has 0 saturated carbocycles. The molecule has 5 heteroatoms. The summed E-state index contributed by atoms with van der Waals surface area (Å²) in [6.45, 7) is 3.08. The number of hydrogen-bond donors (Lipinski definition) is 0. The van der Waals surface area contributed by atoms with E-state index in [0.29, 0.717) is 0 Å². The summed E-state index contributed by atoms with van der Waals surface area (Å²) in [6.07, 6.45) is 4.03. The molecule has 4 heterocycles. The zero-order chi connectivity index (χ0) is 25.5. The van der Waals surface area contributed by atoms with E-state index in [0.717, 1.165) is 56.6 Å². The van der Waals surface area contributed by atoms with Crippen LogP contribution in [0.2, 0.25) is 0 Å². The largest absolute Gasteiger partial charge is 0.501 e. The van der Waals surface area contributed by atoms with Crippen LogP contribution < -0.4 is 0 Å². The fourth-order valence-corrected chi connectivity index (χ4v) is 5.17. The summed E-state index contributed by atoms with van der Waals surface area (Å²) in [5.74, 6) is 1.01. The van der Waals surface area contributed by atoms with Gasteiger partial charge in [-0.25, -0.2) is 0 Å². The quantitative estimate of drug-likeness (QED) is 0.172. The van der Waals surface area contributed by atoms with E-state index in [1.54, 1.807) is 6.20 Å². The number of nitrogens with zero attached hydrogens (tertiary/aromatic N) is 3. The Morgan fingerprint density at radius 3 is 2.54 bits per heavy atom. The van der Waals surface area contributed by atoms with Crippen molar-refractivity contribution in [1.29, 1.82) is 0 Å². The van der Waals surface area contributed by atoms with Gasteiger partial charge in [-0.05, 0) is 36.4 Å². The Hall–Kier alpha value is -4.31. The second-order valence-corrected chi connectivity index (χ2v) is 9.41. The van der Waals surface area contributed by atoms with Crippen LogP contribution in [-0.2, 0) is 26.7 Å². The second-order valence-electron chi connectivity index (χ2n) is 9.41. The maximum absolute atomic E-state index is 5.97. The molecule has 39 heavy (non-hydrogen) atoms. The number of imidazole rings is 1. The van der Waals surface area contributed by atoms with Gasteiger partial charge in [-0.3, -0.25) is 4.98 Å². The van der Waals surface area contributed by atoms with Crippen molar-refractivity contribution in [3.05, 3.63) is 127 Å². The summed E-state index contributed by atoms with van der Waals surface area (Å²) in [4.78, 5) is 9.17. The van der Waals surface area contributed by atoms with Gasteiger partial charge in [0, 0.05) is 38.2 Å². The van der Waals surface area contributed by atoms with Gasteiger partial charge in [-0.15, -0.1) is 54.1 Å². The zero-order valence-electron chi connectivity index (χ0n) is 21.2. The number of rotatable bonds is 2. The van der Waals surface area contributed by atoms with E-state index in [9.17, 15) is 0 Å². The van der Waals surface area contributed by atoms with Gasteiger partial charge in [0.2, 0.25) is 0 Å². The van der Waals surface area contributed by atoms with Crippen LogP contribution in [0.15, 0.2) is 113 Å². The molecule has 0 spiro atoms.